The fourth-order valence-electron chi connectivity index (χ4n) is 2.47. The molecule has 3 nitrogen and oxygen atoms in total. The fraction of sp³-hybridized carbons (Fsp3) is 0.647. The minimum absolute atomic E-state index is 0.207. The van der Waals surface area contributed by atoms with Gasteiger partial charge in [-0.25, -0.2) is 0 Å². The van der Waals surface area contributed by atoms with Crippen LogP contribution >= 0.6 is 0 Å². The van der Waals surface area contributed by atoms with Gasteiger partial charge in [-0.05, 0) is 24.0 Å². The molecule has 7 heteroatoms. The van der Waals surface area contributed by atoms with Crippen molar-refractivity contribution < 1.29 is 28.0 Å². The maximum atomic E-state index is 13.0. The van der Waals surface area contributed by atoms with Crippen LogP contribution in [-0.4, -0.2) is 23.8 Å². The number of hydrogen-bond acceptors (Lipinski definition) is 3. The lowest BCUT2D eigenvalue weighted by Gasteiger charge is -2.15. The molecule has 0 amide bonds. The molecule has 0 aliphatic rings. The number of hydrogen-bond donors (Lipinski definition) is 2. The van der Waals surface area contributed by atoms with Crippen molar-refractivity contribution in [2.24, 2.45) is 0 Å². The van der Waals surface area contributed by atoms with Gasteiger partial charge in [0.1, 0.15) is 5.75 Å². The quantitative estimate of drug-likeness (QED) is 0.472. The molecule has 0 heterocycles. The molecule has 2 N–H and O–H groups in total. The van der Waals surface area contributed by atoms with E-state index >= 15 is 0 Å². The lowest BCUT2D eigenvalue weighted by Crippen LogP contribution is -2.31. The number of halogens is 3. The van der Waals surface area contributed by atoms with Crippen molar-refractivity contribution in [1.29, 1.82) is 0 Å². The van der Waals surface area contributed by atoms with Crippen LogP contribution in [0.25, 0.3) is 0 Å². The van der Waals surface area contributed by atoms with Crippen LogP contribution in [0.4, 0.5) is 13.2 Å². The first-order valence-electron chi connectivity index (χ1n) is 8.56. The van der Waals surface area contributed by atoms with E-state index in [9.17, 15) is 13.2 Å². The SMILES string of the molecule is CCCCCCCCCCOc1ccc(B(O)O)cc1C(F)(F)F. The van der Waals surface area contributed by atoms with Gasteiger partial charge >= 0.3 is 13.3 Å². The van der Waals surface area contributed by atoms with Crippen molar-refractivity contribution in [3.05, 3.63) is 23.8 Å². The Morgan fingerprint density at radius 1 is 0.958 bits per heavy atom. The van der Waals surface area contributed by atoms with Crippen LogP contribution in [0.3, 0.4) is 0 Å². The molecule has 0 unspecified atom stereocenters. The van der Waals surface area contributed by atoms with E-state index in [1.807, 2.05) is 0 Å². The highest BCUT2D eigenvalue weighted by Gasteiger charge is 2.35. The number of unbranched alkanes of at least 4 members (excludes halogenated alkanes) is 7. The highest BCUT2D eigenvalue weighted by Crippen LogP contribution is 2.35. The Balaban J connectivity index is 2.42. The van der Waals surface area contributed by atoms with Gasteiger partial charge in [-0.2, -0.15) is 13.2 Å². The van der Waals surface area contributed by atoms with E-state index in [-0.39, 0.29) is 17.8 Å². The lowest BCUT2D eigenvalue weighted by molar-refractivity contribution is -0.138. The molecule has 0 atom stereocenters. The summed E-state index contributed by atoms with van der Waals surface area (Å²) in [6.45, 7) is 2.39. The Bertz CT molecular complexity index is 479. The molecular formula is C17H26BF3O3. The van der Waals surface area contributed by atoms with Crippen molar-refractivity contribution in [3.63, 3.8) is 0 Å². The zero-order valence-corrected chi connectivity index (χ0v) is 14.1. The zero-order chi connectivity index (χ0) is 18.0. The van der Waals surface area contributed by atoms with Crippen molar-refractivity contribution in [3.8, 4) is 5.75 Å². The first-order valence-corrected chi connectivity index (χ1v) is 8.56. The summed E-state index contributed by atoms with van der Waals surface area (Å²) in [5.41, 5.74) is -1.19. The maximum absolute atomic E-state index is 13.0. The number of alkyl halides is 3. The van der Waals surface area contributed by atoms with E-state index in [1.54, 1.807) is 0 Å². The van der Waals surface area contributed by atoms with E-state index in [4.69, 9.17) is 14.8 Å². The summed E-state index contributed by atoms with van der Waals surface area (Å²) in [6.07, 6.45) is 4.16. The van der Waals surface area contributed by atoms with Crippen LogP contribution < -0.4 is 10.2 Å². The van der Waals surface area contributed by atoms with Gasteiger partial charge in [-0.3, -0.25) is 0 Å². The predicted molar refractivity (Wildman–Crippen MR) is 89.4 cm³/mol. The van der Waals surface area contributed by atoms with Gasteiger partial charge < -0.3 is 14.8 Å². The molecule has 1 aromatic carbocycles. The smallest absolute Gasteiger partial charge is 0.488 e. The van der Waals surface area contributed by atoms with Crippen LogP contribution in [0.5, 0.6) is 5.75 Å². The summed E-state index contributed by atoms with van der Waals surface area (Å²) < 4.78 is 44.3. The van der Waals surface area contributed by atoms with Gasteiger partial charge in [-0.1, -0.05) is 57.9 Å². The van der Waals surface area contributed by atoms with Gasteiger partial charge in [0.2, 0.25) is 0 Å². The molecule has 0 saturated carbocycles. The van der Waals surface area contributed by atoms with Crippen LogP contribution in [0.2, 0.25) is 0 Å². The zero-order valence-electron chi connectivity index (χ0n) is 14.1. The van der Waals surface area contributed by atoms with Crippen molar-refractivity contribution in [2.75, 3.05) is 6.61 Å². The van der Waals surface area contributed by atoms with E-state index in [0.717, 1.165) is 25.3 Å². The predicted octanol–water partition coefficient (Wildman–Crippen LogP) is 3.90. The molecule has 0 fully saturated rings. The summed E-state index contributed by atoms with van der Waals surface area (Å²) in [4.78, 5) is 0. The molecule has 24 heavy (non-hydrogen) atoms. The summed E-state index contributed by atoms with van der Waals surface area (Å²) >= 11 is 0. The van der Waals surface area contributed by atoms with Crippen molar-refractivity contribution in [2.45, 2.75) is 64.5 Å². The summed E-state index contributed by atoms with van der Waals surface area (Å²) in [5, 5.41) is 18.0. The average molecular weight is 346 g/mol. The summed E-state index contributed by atoms with van der Waals surface area (Å²) in [6, 6.07) is 3.08. The Morgan fingerprint density at radius 3 is 2.08 bits per heavy atom. The Morgan fingerprint density at radius 2 is 1.54 bits per heavy atom. The second-order valence-corrected chi connectivity index (χ2v) is 5.95. The number of rotatable bonds is 11. The number of ether oxygens (including phenoxy) is 1. The first-order chi connectivity index (χ1) is 11.4. The minimum atomic E-state index is -4.60. The maximum Gasteiger partial charge on any atom is 0.488 e. The Kier molecular flexibility index (Phi) is 9.22. The highest BCUT2D eigenvalue weighted by molar-refractivity contribution is 6.58. The molecule has 1 aromatic rings. The molecule has 136 valence electrons. The lowest BCUT2D eigenvalue weighted by atomic mass is 9.79. The number of benzene rings is 1. The van der Waals surface area contributed by atoms with Crippen molar-refractivity contribution >= 4 is 12.6 Å². The normalized spacial score (nSPS) is 11.6. The van der Waals surface area contributed by atoms with Crippen LogP contribution in [0, 0.1) is 0 Å². The molecule has 1 rings (SSSR count). The van der Waals surface area contributed by atoms with Gasteiger partial charge in [0.05, 0.1) is 12.2 Å². The Hall–Kier alpha value is -1.21. The second kappa shape index (κ2) is 10.6. The van der Waals surface area contributed by atoms with Crippen LogP contribution in [-0.2, 0) is 6.18 Å². The van der Waals surface area contributed by atoms with Gasteiger partial charge in [0, 0.05) is 0 Å². The molecule has 0 aliphatic heterocycles. The molecule has 0 aliphatic carbocycles. The van der Waals surface area contributed by atoms with Gasteiger partial charge in [-0.15, -0.1) is 0 Å². The summed E-state index contributed by atoms with van der Waals surface area (Å²) in [5.74, 6) is -0.269. The molecule has 0 aromatic heterocycles. The van der Waals surface area contributed by atoms with Gasteiger partial charge in [0.25, 0.3) is 0 Å². The third kappa shape index (κ3) is 7.58. The largest absolute Gasteiger partial charge is 0.493 e. The topological polar surface area (TPSA) is 49.7 Å². The molecule has 0 spiro atoms. The molecule has 0 saturated heterocycles. The molecule has 0 radical (unpaired) electrons. The third-order valence-electron chi connectivity index (χ3n) is 3.86. The van der Waals surface area contributed by atoms with Gasteiger partial charge in [0.15, 0.2) is 0 Å². The standard InChI is InChI=1S/C17H26BF3O3/c1-2-3-4-5-6-7-8-9-12-24-16-11-10-14(18(22)23)13-15(16)17(19,20)21/h10-11,13,22-23H,2-9,12H2,1H3. The monoisotopic (exact) mass is 346 g/mol. The molecular weight excluding hydrogens is 320 g/mol. The van der Waals surface area contributed by atoms with Crippen LogP contribution in [0.15, 0.2) is 18.2 Å². The third-order valence-corrected chi connectivity index (χ3v) is 3.86. The summed E-state index contributed by atoms with van der Waals surface area (Å²) in [7, 11) is -1.94. The highest BCUT2D eigenvalue weighted by atomic mass is 19.4. The molecule has 0 bridgehead atoms. The average Bonchev–Trinajstić information content (AvgIpc) is 2.52. The van der Waals surface area contributed by atoms with E-state index in [1.165, 1.54) is 31.7 Å². The fourth-order valence-corrected chi connectivity index (χ4v) is 2.47. The van der Waals surface area contributed by atoms with E-state index in [2.05, 4.69) is 6.92 Å². The second-order valence-electron chi connectivity index (χ2n) is 5.95. The van der Waals surface area contributed by atoms with E-state index < -0.39 is 18.9 Å². The first kappa shape index (κ1) is 20.8. The Labute approximate surface area is 142 Å². The minimum Gasteiger partial charge on any atom is -0.493 e. The van der Waals surface area contributed by atoms with Crippen molar-refractivity contribution in [1.82, 2.24) is 0 Å². The van der Waals surface area contributed by atoms with E-state index in [0.29, 0.717) is 12.5 Å². The van der Waals surface area contributed by atoms with Crippen LogP contribution in [0.1, 0.15) is 63.9 Å².